The van der Waals surface area contributed by atoms with E-state index < -0.39 is 7.87 Å². The van der Waals surface area contributed by atoms with E-state index in [2.05, 4.69) is 67.7 Å². The molecule has 4 nitrogen and oxygen atoms in total. The zero-order valence-corrected chi connectivity index (χ0v) is 14.4. The first-order chi connectivity index (χ1) is 8.62. The molecule has 0 spiro atoms. The third kappa shape index (κ3) is 3.43. The lowest BCUT2D eigenvalue weighted by Gasteiger charge is -2.45. The molecule has 0 aromatic rings. The first kappa shape index (κ1) is 18.3. The zero-order chi connectivity index (χ0) is 14.2. The summed E-state index contributed by atoms with van der Waals surface area (Å²) in [5.74, 6) is 0. The minimum Gasteiger partial charge on any atom is -0.149 e. The fourth-order valence-electron chi connectivity index (χ4n) is 2.81. The van der Waals surface area contributed by atoms with Crippen molar-refractivity contribution >= 4 is 7.87 Å². The quantitative estimate of drug-likeness (QED) is 0.620. The molecule has 0 fully saturated rings. The van der Waals surface area contributed by atoms with Crippen LogP contribution < -0.4 is 5.09 Å². The molecule has 0 saturated heterocycles. The second-order valence-electron chi connectivity index (χ2n) is 4.21. The molecule has 0 unspecified atom stereocenters. The van der Waals surface area contributed by atoms with Gasteiger partial charge in [0.05, 0.1) is 0 Å². The van der Waals surface area contributed by atoms with Crippen LogP contribution in [0.15, 0.2) is 0 Å². The van der Waals surface area contributed by atoms with Crippen LogP contribution in [0.5, 0.6) is 0 Å². The molecule has 0 aliphatic heterocycles. The molecule has 110 valence electrons. The predicted molar refractivity (Wildman–Crippen MR) is 84.7 cm³/mol. The van der Waals surface area contributed by atoms with Crippen LogP contribution in [-0.4, -0.2) is 60.3 Å². The van der Waals surface area contributed by atoms with Gasteiger partial charge < -0.3 is 0 Å². The van der Waals surface area contributed by atoms with Crippen molar-refractivity contribution in [1.29, 1.82) is 0 Å². The smallest absolute Gasteiger partial charge is 0.149 e. The molecule has 0 aliphatic rings. The number of nitrogens with one attached hydrogen (secondary N) is 1. The number of hydrogen-bond acceptors (Lipinski definition) is 4. The predicted octanol–water partition coefficient (Wildman–Crippen LogP) is 2.91. The average molecular weight is 277 g/mol. The Morgan fingerprint density at radius 1 is 0.611 bits per heavy atom. The minimum atomic E-state index is -1.56. The Hall–Kier alpha value is 0.270. The number of rotatable bonds is 10. The lowest BCUT2D eigenvalue weighted by Crippen LogP contribution is -2.50. The molecule has 0 atom stereocenters. The van der Waals surface area contributed by atoms with Gasteiger partial charge in [-0.2, -0.15) is 0 Å². The van der Waals surface area contributed by atoms with E-state index in [0.29, 0.717) is 0 Å². The van der Waals surface area contributed by atoms with Crippen molar-refractivity contribution in [2.75, 3.05) is 46.3 Å². The largest absolute Gasteiger partial charge is 0.305 e. The molecule has 0 rings (SSSR count). The van der Waals surface area contributed by atoms with Crippen LogP contribution >= 0.6 is 7.87 Å². The van der Waals surface area contributed by atoms with E-state index in [0.717, 1.165) is 39.3 Å². The molecular formula is C13H34N4P+. The summed E-state index contributed by atoms with van der Waals surface area (Å²) in [6.45, 7) is 20.2. The van der Waals surface area contributed by atoms with Crippen molar-refractivity contribution < 1.29 is 0 Å². The van der Waals surface area contributed by atoms with Crippen molar-refractivity contribution in [3.05, 3.63) is 0 Å². The molecular weight excluding hydrogens is 243 g/mol. The van der Waals surface area contributed by atoms with Crippen LogP contribution in [-0.2, 0) is 0 Å². The minimum absolute atomic E-state index is 1.10. The lowest BCUT2D eigenvalue weighted by atomic mass is 10.7. The van der Waals surface area contributed by atoms with Gasteiger partial charge in [0, 0.05) is 46.3 Å². The molecule has 0 saturated carbocycles. The van der Waals surface area contributed by atoms with Gasteiger partial charge in [0.2, 0.25) is 0 Å². The molecule has 0 radical (unpaired) electrons. The maximum absolute atomic E-state index is 3.71. The van der Waals surface area contributed by atoms with E-state index in [4.69, 9.17) is 0 Å². The zero-order valence-electron chi connectivity index (χ0n) is 13.5. The van der Waals surface area contributed by atoms with Crippen LogP contribution in [0.4, 0.5) is 0 Å². The highest BCUT2D eigenvalue weighted by Gasteiger charge is 2.53. The second kappa shape index (κ2) is 9.22. The van der Waals surface area contributed by atoms with Crippen LogP contribution in [0.25, 0.3) is 0 Å². The summed E-state index contributed by atoms with van der Waals surface area (Å²) >= 11 is 0. The Kier molecular flexibility index (Phi) is 9.36. The Bertz CT molecular complexity index is 170. The standard InChI is InChI=1S/C13H34N4P/c1-8-15(9-2)18(14-7,16(10-3)11-4)17(12-5)13-6/h14H,8-13H2,1-7H3/q+1. The average Bonchev–Trinajstić information content (AvgIpc) is 2.41. The topological polar surface area (TPSA) is 21.8 Å². The van der Waals surface area contributed by atoms with E-state index in [1.54, 1.807) is 0 Å². The van der Waals surface area contributed by atoms with E-state index in [-0.39, 0.29) is 0 Å². The Morgan fingerprint density at radius 3 is 0.944 bits per heavy atom. The van der Waals surface area contributed by atoms with E-state index in [9.17, 15) is 0 Å². The molecule has 0 amide bonds. The fraction of sp³-hybridized carbons (Fsp3) is 1.00. The maximum atomic E-state index is 3.71. The van der Waals surface area contributed by atoms with Gasteiger partial charge in [0.25, 0.3) is 0 Å². The van der Waals surface area contributed by atoms with Gasteiger partial charge in [-0.3, -0.25) is 0 Å². The highest BCUT2D eigenvalue weighted by atomic mass is 31.2. The van der Waals surface area contributed by atoms with Gasteiger partial charge in [-0.05, 0) is 41.5 Å². The van der Waals surface area contributed by atoms with Gasteiger partial charge in [0.1, 0.15) is 0 Å². The summed E-state index contributed by atoms with van der Waals surface area (Å²) in [5, 5.41) is 3.71. The maximum Gasteiger partial charge on any atom is 0.305 e. The SMILES string of the molecule is CCN(CC)[P+](NC)(N(CC)CC)N(CC)CC. The molecule has 0 aromatic carbocycles. The van der Waals surface area contributed by atoms with Crippen molar-refractivity contribution in [3.8, 4) is 0 Å². The number of nitrogens with zero attached hydrogens (tertiary/aromatic N) is 3. The molecule has 0 aromatic heterocycles. The van der Waals surface area contributed by atoms with Gasteiger partial charge in [-0.15, -0.1) is 19.1 Å². The summed E-state index contributed by atoms with van der Waals surface area (Å²) in [4.78, 5) is 0. The first-order valence-corrected chi connectivity index (χ1v) is 9.11. The summed E-state index contributed by atoms with van der Waals surface area (Å²) in [5.41, 5.74) is 0. The van der Waals surface area contributed by atoms with E-state index >= 15 is 0 Å². The third-order valence-corrected chi connectivity index (χ3v) is 8.34. The van der Waals surface area contributed by atoms with Crippen LogP contribution in [0.1, 0.15) is 41.5 Å². The molecule has 0 aliphatic carbocycles. The van der Waals surface area contributed by atoms with Crippen LogP contribution in [0.3, 0.4) is 0 Å². The van der Waals surface area contributed by atoms with Crippen molar-refractivity contribution in [2.24, 2.45) is 0 Å². The summed E-state index contributed by atoms with van der Waals surface area (Å²) in [6.07, 6.45) is 0. The summed E-state index contributed by atoms with van der Waals surface area (Å²) in [7, 11) is 0.570. The third-order valence-electron chi connectivity index (χ3n) is 3.67. The Morgan fingerprint density at radius 2 is 0.833 bits per heavy atom. The van der Waals surface area contributed by atoms with Gasteiger partial charge in [0.15, 0.2) is 0 Å². The molecule has 0 heterocycles. The van der Waals surface area contributed by atoms with E-state index in [1.165, 1.54) is 0 Å². The summed E-state index contributed by atoms with van der Waals surface area (Å²) in [6, 6.07) is 0. The molecule has 5 heteroatoms. The van der Waals surface area contributed by atoms with E-state index in [1.807, 2.05) is 0 Å². The van der Waals surface area contributed by atoms with Crippen molar-refractivity contribution in [1.82, 2.24) is 19.1 Å². The van der Waals surface area contributed by atoms with Crippen LogP contribution in [0, 0.1) is 0 Å². The second-order valence-corrected chi connectivity index (χ2v) is 7.49. The lowest BCUT2D eigenvalue weighted by molar-refractivity contribution is 0.320. The highest BCUT2D eigenvalue weighted by Crippen LogP contribution is 2.63. The summed E-state index contributed by atoms with van der Waals surface area (Å²) < 4.78 is 7.85. The highest BCUT2D eigenvalue weighted by molar-refractivity contribution is 7.67. The molecule has 0 bridgehead atoms. The Balaban J connectivity index is 5.55. The first-order valence-electron chi connectivity index (χ1n) is 7.46. The fourth-order valence-corrected chi connectivity index (χ4v) is 7.10. The van der Waals surface area contributed by atoms with Gasteiger partial charge in [-0.25, -0.2) is 0 Å². The van der Waals surface area contributed by atoms with Crippen LogP contribution in [0.2, 0.25) is 0 Å². The normalized spacial score (nSPS) is 13.0. The monoisotopic (exact) mass is 277 g/mol. The Labute approximate surface area is 115 Å². The van der Waals surface area contributed by atoms with Crippen molar-refractivity contribution in [2.45, 2.75) is 41.5 Å². The van der Waals surface area contributed by atoms with Crippen molar-refractivity contribution in [3.63, 3.8) is 0 Å². The number of hydrogen-bond donors (Lipinski definition) is 1. The van der Waals surface area contributed by atoms with Gasteiger partial charge >= 0.3 is 7.87 Å². The molecule has 18 heavy (non-hydrogen) atoms. The van der Waals surface area contributed by atoms with Gasteiger partial charge in [-0.1, -0.05) is 0 Å². The molecule has 1 N–H and O–H groups in total.